The first kappa shape index (κ1) is 18.1. The lowest BCUT2D eigenvalue weighted by Gasteiger charge is -2.06. The molecule has 116 valence electrons. The minimum Gasteiger partial charge on any atom is -0.326 e. The Morgan fingerprint density at radius 3 is 2.38 bits per heavy atom. The molecule has 0 spiro atoms. The molecule has 2 nitrogen and oxygen atoms in total. The molecule has 0 bridgehead atoms. The molecule has 0 fully saturated rings. The van der Waals surface area contributed by atoms with Crippen LogP contribution in [0.5, 0.6) is 0 Å². The minimum atomic E-state index is 0.0278. The van der Waals surface area contributed by atoms with Crippen molar-refractivity contribution >= 4 is 34.8 Å². The number of halogens is 2. The maximum absolute atomic E-state index is 11.8. The molecule has 0 unspecified atom stereocenters. The van der Waals surface area contributed by atoms with E-state index in [1.54, 1.807) is 18.2 Å². The van der Waals surface area contributed by atoms with E-state index in [9.17, 15) is 4.79 Å². The van der Waals surface area contributed by atoms with Crippen LogP contribution in [-0.2, 0) is 4.79 Å². The van der Waals surface area contributed by atoms with E-state index < -0.39 is 0 Å². The molecule has 0 saturated heterocycles. The summed E-state index contributed by atoms with van der Waals surface area (Å²) in [6.07, 6.45) is 10.5. The number of carbonyl (C=O) groups excluding carboxylic acids is 1. The second kappa shape index (κ2) is 10.7. The Morgan fingerprint density at radius 1 is 1.05 bits per heavy atom. The molecule has 1 aromatic carbocycles. The number of amides is 1. The Balaban J connectivity index is 2.11. The molecule has 1 N–H and O–H groups in total. The first-order valence-corrected chi connectivity index (χ1v) is 8.25. The number of hydrogen-bond acceptors (Lipinski definition) is 1. The molecular formula is C17H23Cl2NO. The highest BCUT2D eigenvalue weighted by molar-refractivity contribution is 6.42. The Kier molecular flexibility index (Phi) is 9.20. The monoisotopic (exact) mass is 327 g/mol. The molecule has 0 radical (unpaired) electrons. The predicted molar refractivity (Wildman–Crippen MR) is 92.2 cm³/mol. The number of benzene rings is 1. The van der Waals surface area contributed by atoms with Gasteiger partial charge in [0.25, 0.3) is 0 Å². The third-order valence-electron chi connectivity index (χ3n) is 3.27. The predicted octanol–water partition coefficient (Wildman–Crippen LogP) is 6.24. The van der Waals surface area contributed by atoms with Gasteiger partial charge in [0.05, 0.1) is 10.0 Å². The van der Waals surface area contributed by atoms with E-state index in [0.29, 0.717) is 22.2 Å². The number of rotatable bonds is 10. The summed E-state index contributed by atoms with van der Waals surface area (Å²) in [7, 11) is 0. The number of allylic oxidation sites excluding steroid dienone is 1. The summed E-state index contributed by atoms with van der Waals surface area (Å²) >= 11 is 11.7. The minimum absolute atomic E-state index is 0.0278. The highest BCUT2D eigenvalue weighted by Crippen LogP contribution is 2.25. The van der Waals surface area contributed by atoms with Crippen molar-refractivity contribution in [3.63, 3.8) is 0 Å². The number of nitrogens with one attached hydrogen (secondary N) is 1. The van der Waals surface area contributed by atoms with Crippen LogP contribution in [0.1, 0.15) is 51.4 Å². The van der Waals surface area contributed by atoms with Crippen LogP contribution < -0.4 is 5.32 Å². The molecule has 0 saturated carbocycles. The summed E-state index contributed by atoms with van der Waals surface area (Å²) < 4.78 is 0. The molecule has 0 aliphatic rings. The van der Waals surface area contributed by atoms with Gasteiger partial charge >= 0.3 is 0 Å². The van der Waals surface area contributed by atoms with Gasteiger partial charge in [-0.05, 0) is 37.5 Å². The summed E-state index contributed by atoms with van der Waals surface area (Å²) in [5, 5.41) is 3.78. The van der Waals surface area contributed by atoms with Crippen molar-refractivity contribution in [3.8, 4) is 0 Å². The van der Waals surface area contributed by atoms with Gasteiger partial charge in [0.15, 0.2) is 0 Å². The summed E-state index contributed by atoms with van der Waals surface area (Å²) in [5.41, 5.74) is 0.693. The normalized spacial score (nSPS) is 10.4. The van der Waals surface area contributed by atoms with Crippen LogP contribution in [0.2, 0.25) is 10.0 Å². The van der Waals surface area contributed by atoms with E-state index in [4.69, 9.17) is 23.2 Å². The zero-order valence-corrected chi connectivity index (χ0v) is 13.8. The Labute approximate surface area is 137 Å². The van der Waals surface area contributed by atoms with Crippen molar-refractivity contribution in [2.24, 2.45) is 0 Å². The molecule has 4 heteroatoms. The SMILES string of the molecule is C=CCCCCCCCCC(=O)Nc1ccc(Cl)c(Cl)c1. The van der Waals surface area contributed by atoms with Gasteiger partial charge in [0, 0.05) is 12.1 Å². The summed E-state index contributed by atoms with van der Waals surface area (Å²) in [6.45, 7) is 3.71. The highest BCUT2D eigenvalue weighted by atomic mass is 35.5. The second-order valence-electron chi connectivity index (χ2n) is 5.13. The Hall–Kier alpha value is -0.990. The highest BCUT2D eigenvalue weighted by Gasteiger charge is 2.04. The lowest BCUT2D eigenvalue weighted by Crippen LogP contribution is -2.10. The average Bonchev–Trinajstić information content (AvgIpc) is 2.46. The quantitative estimate of drug-likeness (QED) is 0.400. The lowest BCUT2D eigenvalue weighted by atomic mass is 10.1. The van der Waals surface area contributed by atoms with Crippen LogP contribution in [0.3, 0.4) is 0 Å². The molecule has 0 atom stereocenters. The van der Waals surface area contributed by atoms with Crippen molar-refractivity contribution in [1.82, 2.24) is 0 Å². The second-order valence-corrected chi connectivity index (χ2v) is 5.94. The zero-order chi connectivity index (χ0) is 15.5. The van der Waals surface area contributed by atoms with Gasteiger partial charge in [0.1, 0.15) is 0 Å². The molecule has 0 aliphatic heterocycles. The van der Waals surface area contributed by atoms with Crippen molar-refractivity contribution in [1.29, 1.82) is 0 Å². The Morgan fingerprint density at radius 2 is 1.71 bits per heavy atom. The average molecular weight is 328 g/mol. The van der Waals surface area contributed by atoms with Gasteiger partial charge in [-0.1, -0.05) is 55.0 Å². The van der Waals surface area contributed by atoms with Crippen LogP contribution in [0.15, 0.2) is 30.9 Å². The zero-order valence-electron chi connectivity index (χ0n) is 12.3. The standard InChI is InChI=1S/C17H23Cl2NO/c1-2-3-4-5-6-7-8-9-10-17(21)20-14-11-12-15(18)16(19)13-14/h2,11-13H,1,3-10H2,(H,20,21). The van der Waals surface area contributed by atoms with Crippen molar-refractivity contribution in [2.45, 2.75) is 51.4 Å². The summed E-state index contributed by atoms with van der Waals surface area (Å²) in [6, 6.07) is 5.11. The van der Waals surface area contributed by atoms with Crippen LogP contribution in [0, 0.1) is 0 Å². The summed E-state index contributed by atoms with van der Waals surface area (Å²) in [5.74, 6) is 0.0278. The largest absolute Gasteiger partial charge is 0.326 e. The van der Waals surface area contributed by atoms with Crippen LogP contribution in [-0.4, -0.2) is 5.91 Å². The number of anilines is 1. The van der Waals surface area contributed by atoms with Crippen LogP contribution in [0.4, 0.5) is 5.69 Å². The van der Waals surface area contributed by atoms with Crippen molar-refractivity contribution < 1.29 is 4.79 Å². The van der Waals surface area contributed by atoms with Crippen LogP contribution >= 0.6 is 23.2 Å². The van der Waals surface area contributed by atoms with Gasteiger partial charge < -0.3 is 5.32 Å². The van der Waals surface area contributed by atoms with Crippen LogP contribution in [0.25, 0.3) is 0 Å². The van der Waals surface area contributed by atoms with Crippen molar-refractivity contribution in [3.05, 3.63) is 40.9 Å². The van der Waals surface area contributed by atoms with Gasteiger partial charge in [0.2, 0.25) is 5.91 Å². The smallest absolute Gasteiger partial charge is 0.224 e. The Bertz CT molecular complexity index is 460. The fourth-order valence-electron chi connectivity index (χ4n) is 2.08. The topological polar surface area (TPSA) is 29.1 Å². The molecule has 1 aromatic rings. The fraction of sp³-hybridized carbons (Fsp3) is 0.471. The van der Waals surface area contributed by atoms with Gasteiger partial charge in [-0.25, -0.2) is 0 Å². The molecular weight excluding hydrogens is 305 g/mol. The molecule has 1 rings (SSSR count). The lowest BCUT2D eigenvalue weighted by molar-refractivity contribution is -0.116. The molecule has 0 aliphatic carbocycles. The molecule has 1 amide bonds. The van der Waals surface area contributed by atoms with E-state index in [-0.39, 0.29) is 5.91 Å². The van der Waals surface area contributed by atoms with E-state index in [2.05, 4.69) is 11.9 Å². The first-order valence-electron chi connectivity index (χ1n) is 7.49. The fourth-order valence-corrected chi connectivity index (χ4v) is 2.38. The third-order valence-corrected chi connectivity index (χ3v) is 4.00. The van der Waals surface area contributed by atoms with Gasteiger partial charge in [-0.2, -0.15) is 0 Å². The maximum Gasteiger partial charge on any atom is 0.224 e. The van der Waals surface area contributed by atoms with E-state index >= 15 is 0 Å². The molecule has 0 aromatic heterocycles. The number of unbranched alkanes of at least 4 members (excludes halogenated alkanes) is 6. The van der Waals surface area contributed by atoms with E-state index in [0.717, 1.165) is 19.3 Å². The third kappa shape index (κ3) is 8.13. The number of hydrogen-bond donors (Lipinski definition) is 1. The van der Waals surface area contributed by atoms with Gasteiger partial charge in [-0.15, -0.1) is 6.58 Å². The summed E-state index contributed by atoms with van der Waals surface area (Å²) in [4.78, 5) is 11.8. The van der Waals surface area contributed by atoms with Gasteiger partial charge in [-0.3, -0.25) is 4.79 Å². The number of carbonyl (C=O) groups is 1. The first-order chi connectivity index (χ1) is 10.1. The van der Waals surface area contributed by atoms with Crippen molar-refractivity contribution in [2.75, 3.05) is 5.32 Å². The molecule has 0 heterocycles. The maximum atomic E-state index is 11.8. The van der Waals surface area contributed by atoms with E-state index in [1.807, 2.05) is 6.08 Å². The van der Waals surface area contributed by atoms with E-state index in [1.165, 1.54) is 25.7 Å². The molecule has 21 heavy (non-hydrogen) atoms.